The number of nitrogens with one attached hydrogen (secondary N) is 1. The Labute approximate surface area is 129 Å². The van der Waals surface area contributed by atoms with Gasteiger partial charge in [0.05, 0.1) is 12.0 Å². The van der Waals surface area contributed by atoms with Gasteiger partial charge in [-0.15, -0.1) is 0 Å². The van der Waals surface area contributed by atoms with Crippen molar-refractivity contribution in [2.24, 2.45) is 0 Å². The SMILES string of the molecule is O=C(CCN1CCCS1(=O)=O)NCc1ccc2ccoc2c1. The smallest absolute Gasteiger partial charge is 0.221 e. The Balaban J connectivity index is 1.49. The Bertz CT molecular complexity index is 782. The van der Waals surface area contributed by atoms with Gasteiger partial charge in [-0.3, -0.25) is 4.79 Å². The van der Waals surface area contributed by atoms with Crippen molar-refractivity contribution in [1.29, 1.82) is 0 Å². The Morgan fingerprint density at radius 2 is 2.18 bits per heavy atom. The first-order valence-corrected chi connectivity index (χ1v) is 8.86. The molecule has 0 unspecified atom stereocenters. The molecule has 2 aromatic rings. The van der Waals surface area contributed by atoms with Gasteiger partial charge in [-0.1, -0.05) is 12.1 Å². The minimum atomic E-state index is -3.13. The molecule has 118 valence electrons. The van der Waals surface area contributed by atoms with E-state index in [0.29, 0.717) is 19.5 Å². The highest BCUT2D eigenvalue weighted by atomic mass is 32.2. The van der Waals surface area contributed by atoms with Crippen molar-refractivity contribution in [3.05, 3.63) is 36.1 Å². The molecule has 22 heavy (non-hydrogen) atoms. The lowest BCUT2D eigenvalue weighted by Gasteiger charge is -2.13. The summed E-state index contributed by atoms with van der Waals surface area (Å²) in [7, 11) is -3.13. The van der Waals surface area contributed by atoms with Crippen LogP contribution in [-0.4, -0.2) is 37.5 Å². The summed E-state index contributed by atoms with van der Waals surface area (Å²) in [6, 6.07) is 7.65. The maximum atomic E-state index is 11.8. The fourth-order valence-electron chi connectivity index (χ4n) is 2.57. The average molecular weight is 322 g/mol. The molecule has 0 bridgehead atoms. The van der Waals surface area contributed by atoms with Gasteiger partial charge in [0, 0.05) is 31.4 Å². The van der Waals surface area contributed by atoms with Crippen molar-refractivity contribution in [1.82, 2.24) is 9.62 Å². The molecular weight excluding hydrogens is 304 g/mol. The van der Waals surface area contributed by atoms with Crippen LogP contribution in [0.5, 0.6) is 0 Å². The standard InChI is InChI=1S/C15H18N2O4S/c18-15(4-7-17-6-1-9-22(17,19)20)16-11-12-2-3-13-5-8-21-14(13)10-12/h2-3,5,8,10H,1,4,6-7,9,11H2,(H,16,18). The van der Waals surface area contributed by atoms with Crippen LogP contribution in [0.2, 0.25) is 0 Å². The molecule has 0 aliphatic carbocycles. The predicted octanol–water partition coefficient (Wildman–Crippen LogP) is 1.47. The first kappa shape index (κ1) is 15.1. The van der Waals surface area contributed by atoms with Crippen LogP contribution in [-0.2, 0) is 21.4 Å². The molecule has 1 amide bonds. The van der Waals surface area contributed by atoms with Gasteiger partial charge in [-0.05, 0) is 24.1 Å². The van der Waals surface area contributed by atoms with Crippen molar-refractivity contribution < 1.29 is 17.6 Å². The van der Waals surface area contributed by atoms with Gasteiger partial charge in [0.1, 0.15) is 5.58 Å². The van der Waals surface area contributed by atoms with E-state index in [4.69, 9.17) is 4.42 Å². The Hall–Kier alpha value is -1.86. The van der Waals surface area contributed by atoms with E-state index in [1.807, 2.05) is 24.3 Å². The monoisotopic (exact) mass is 322 g/mol. The number of benzene rings is 1. The minimum Gasteiger partial charge on any atom is -0.464 e. The molecule has 3 rings (SSSR count). The number of carbonyl (C=O) groups excluding carboxylic acids is 1. The van der Waals surface area contributed by atoms with Crippen molar-refractivity contribution in [2.45, 2.75) is 19.4 Å². The topological polar surface area (TPSA) is 79.6 Å². The van der Waals surface area contributed by atoms with Crippen molar-refractivity contribution in [3.8, 4) is 0 Å². The fraction of sp³-hybridized carbons (Fsp3) is 0.400. The molecule has 0 saturated carbocycles. The van der Waals surface area contributed by atoms with Crippen LogP contribution in [0.3, 0.4) is 0 Å². The largest absolute Gasteiger partial charge is 0.464 e. The summed E-state index contributed by atoms with van der Waals surface area (Å²) in [4.78, 5) is 11.8. The molecule has 1 aliphatic heterocycles. The number of furan rings is 1. The molecule has 2 heterocycles. The summed E-state index contributed by atoms with van der Waals surface area (Å²) >= 11 is 0. The number of carbonyl (C=O) groups is 1. The third-order valence-corrected chi connectivity index (χ3v) is 5.76. The third kappa shape index (κ3) is 3.31. The highest BCUT2D eigenvalue weighted by Gasteiger charge is 2.27. The van der Waals surface area contributed by atoms with Gasteiger partial charge in [-0.2, -0.15) is 0 Å². The van der Waals surface area contributed by atoms with Crippen LogP contribution < -0.4 is 5.32 Å². The van der Waals surface area contributed by atoms with Gasteiger partial charge in [0.25, 0.3) is 0 Å². The predicted molar refractivity (Wildman–Crippen MR) is 82.7 cm³/mol. The van der Waals surface area contributed by atoms with Gasteiger partial charge in [0.15, 0.2) is 0 Å². The highest BCUT2D eigenvalue weighted by Crippen LogP contribution is 2.17. The number of rotatable bonds is 5. The Morgan fingerprint density at radius 1 is 1.32 bits per heavy atom. The lowest BCUT2D eigenvalue weighted by atomic mass is 10.1. The Morgan fingerprint density at radius 3 is 2.95 bits per heavy atom. The molecule has 0 spiro atoms. The summed E-state index contributed by atoms with van der Waals surface area (Å²) in [5.74, 6) is 0.0410. The van der Waals surface area contributed by atoms with Crippen molar-refractivity contribution >= 4 is 26.9 Å². The van der Waals surface area contributed by atoms with Gasteiger partial charge >= 0.3 is 0 Å². The minimum absolute atomic E-state index is 0.151. The number of nitrogens with zero attached hydrogens (tertiary/aromatic N) is 1. The third-order valence-electron chi connectivity index (χ3n) is 3.80. The maximum absolute atomic E-state index is 11.8. The van der Waals surface area contributed by atoms with E-state index >= 15 is 0 Å². The molecule has 0 radical (unpaired) electrons. The van der Waals surface area contributed by atoms with E-state index in [1.165, 1.54) is 4.31 Å². The molecule has 1 aromatic carbocycles. The van der Waals surface area contributed by atoms with Crippen LogP contribution in [0, 0.1) is 0 Å². The number of hydrogen-bond acceptors (Lipinski definition) is 4. The van der Waals surface area contributed by atoms with Crippen LogP contribution in [0.15, 0.2) is 34.9 Å². The first-order valence-electron chi connectivity index (χ1n) is 7.25. The van der Waals surface area contributed by atoms with E-state index in [9.17, 15) is 13.2 Å². The highest BCUT2D eigenvalue weighted by molar-refractivity contribution is 7.89. The quantitative estimate of drug-likeness (QED) is 0.904. The van der Waals surface area contributed by atoms with E-state index in [-0.39, 0.29) is 24.6 Å². The molecule has 7 heteroatoms. The zero-order valence-corrected chi connectivity index (χ0v) is 12.9. The second kappa shape index (κ2) is 6.10. The van der Waals surface area contributed by atoms with Gasteiger partial charge < -0.3 is 9.73 Å². The summed E-state index contributed by atoms with van der Waals surface area (Å²) in [5, 5.41) is 3.83. The van der Waals surface area contributed by atoms with E-state index in [2.05, 4.69) is 5.32 Å². The van der Waals surface area contributed by atoms with E-state index in [1.54, 1.807) is 6.26 Å². The molecule has 1 aliphatic rings. The summed E-state index contributed by atoms with van der Waals surface area (Å²) in [6.07, 6.45) is 2.46. The summed E-state index contributed by atoms with van der Waals surface area (Å²) in [5.41, 5.74) is 1.74. The van der Waals surface area contributed by atoms with Crippen LogP contribution in [0.4, 0.5) is 0 Å². The summed E-state index contributed by atoms with van der Waals surface area (Å²) < 4.78 is 30.0. The first-order chi connectivity index (χ1) is 10.5. The maximum Gasteiger partial charge on any atom is 0.221 e. The molecular formula is C15H18N2O4S. The van der Waals surface area contributed by atoms with E-state index < -0.39 is 10.0 Å². The number of sulfonamides is 1. The fourth-order valence-corrected chi connectivity index (χ4v) is 4.10. The van der Waals surface area contributed by atoms with Gasteiger partial charge in [0.2, 0.25) is 15.9 Å². The zero-order valence-electron chi connectivity index (χ0n) is 12.1. The zero-order chi connectivity index (χ0) is 15.6. The normalized spacial score (nSPS) is 17.8. The molecule has 6 nitrogen and oxygen atoms in total. The van der Waals surface area contributed by atoms with Crippen LogP contribution in [0.1, 0.15) is 18.4 Å². The second-order valence-electron chi connectivity index (χ2n) is 5.39. The number of fused-ring (bicyclic) bond motifs is 1. The summed E-state index contributed by atoms with van der Waals surface area (Å²) in [6.45, 7) is 1.18. The van der Waals surface area contributed by atoms with E-state index in [0.717, 1.165) is 16.5 Å². The molecule has 1 saturated heterocycles. The van der Waals surface area contributed by atoms with Crippen LogP contribution in [0.25, 0.3) is 11.0 Å². The van der Waals surface area contributed by atoms with Crippen LogP contribution >= 0.6 is 0 Å². The molecule has 0 atom stereocenters. The Kier molecular flexibility index (Phi) is 4.17. The lowest BCUT2D eigenvalue weighted by molar-refractivity contribution is -0.121. The number of hydrogen-bond donors (Lipinski definition) is 1. The lowest BCUT2D eigenvalue weighted by Crippen LogP contribution is -2.31. The molecule has 1 aromatic heterocycles. The molecule has 1 fully saturated rings. The van der Waals surface area contributed by atoms with Gasteiger partial charge in [-0.25, -0.2) is 12.7 Å². The van der Waals surface area contributed by atoms with Crippen molar-refractivity contribution in [3.63, 3.8) is 0 Å². The van der Waals surface area contributed by atoms with Crippen molar-refractivity contribution in [2.75, 3.05) is 18.8 Å². The average Bonchev–Trinajstić information content (AvgIpc) is 3.08. The number of amides is 1. The molecule has 1 N–H and O–H groups in total. The second-order valence-corrected chi connectivity index (χ2v) is 7.48.